The molecule has 2 aromatic carbocycles. The molecule has 1 aliphatic rings. The zero-order chi connectivity index (χ0) is 20.3. The Balaban J connectivity index is 1.69. The highest BCUT2D eigenvalue weighted by Crippen LogP contribution is 2.33. The number of aromatic hydroxyl groups is 1. The van der Waals surface area contributed by atoms with Crippen LogP contribution in [0.3, 0.4) is 0 Å². The van der Waals surface area contributed by atoms with E-state index < -0.39 is 17.0 Å². The Morgan fingerprint density at radius 3 is 2.61 bits per heavy atom. The summed E-state index contributed by atoms with van der Waals surface area (Å²) in [7, 11) is 0. The van der Waals surface area contributed by atoms with Gasteiger partial charge in [0.15, 0.2) is 5.17 Å². The van der Waals surface area contributed by atoms with E-state index in [1.807, 2.05) is 0 Å². The van der Waals surface area contributed by atoms with E-state index >= 15 is 0 Å². The number of halogens is 4. The topological polar surface area (TPSA) is 74.0 Å². The molecule has 1 unspecified atom stereocenters. The summed E-state index contributed by atoms with van der Waals surface area (Å²) in [5.41, 5.74) is 0.115. The molecule has 1 amide bonds. The number of carbonyl (C=O) groups excluding carboxylic acids is 1. The van der Waals surface area contributed by atoms with E-state index in [-0.39, 0.29) is 33.8 Å². The van der Waals surface area contributed by atoms with Crippen LogP contribution in [0.4, 0.5) is 13.2 Å². The van der Waals surface area contributed by atoms with E-state index in [2.05, 4.69) is 15.5 Å². The lowest BCUT2D eigenvalue weighted by Crippen LogP contribution is -2.26. The van der Waals surface area contributed by atoms with Crippen LogP contribution < -0.4 is 5.32 Å². The van der Waals surface area contributed by atoms with Gasteiger partial charge in [0.1, 0.15) is 5.75 Å². The van der Waals surface area contributed by atoms with E-state index in [0.717, 1.165) is 23.9 Å². The number of thioether (sulfide) groups is 1. The minimum atomic E-state index is -4.49. The molecule has 1 fully saturated rings. The van der Waals surface area contributed by atoms with E-state index in [1.54, 1.807) is 12.1 Å². The Kier molecular flexibility index (Phi) is 5.95. The number of nitrogens with zero attached hydrogens (tertiary/aromatic N) is 2. The molecule has 1 atom stereocenters. The summed E-state index contributed by atoms with van der Waals surface area (Å²) in [5.74, 6) is -0.254. The SMILES string of the molecule is O=C1N/C(=N\N=Cc2ccc(O)cc2)SC1Cc1cc(C(F)(F)F)ccc1Cl. The van der Waals surface area contributed by atoms with Gasteiger partial charge in [0.25, 0.3) is 0 Å². The van der Waals surface area contributed by atoms with Crippen molar-refractivity contribution < 1.29 is 23.1 Å². The number of carbonyl (C=O) groups is 1. The number of benzene rings is 2. The average molecular weight is 428 g/mol. The number of amides is 1. The third-order valence-corrected chi connectivity index (χ3v) is 5.24. The van der Waals surface area contributed by atoms with Crippen molar-refractivity contribution in [3.05, 3.63) is 64.2 Å². The van der Waals surface area contributed by atoms with Crippen LogP contribution in [0.15, 0.2) is 52.7 Å². The van der Waals surface area contributed by atoms with Crippen molar-refractivity contribution in [1.29, 1.82) is 0 Å². The molecule has 3 rings (SSSR count). The van der Waals surface area contributed by atoms with Gasteiger partial charge in [-0.3, -0.25) is 4.79 Å². The Morgan fingerprint density at radius 1 is 1.21 bits per heavy atom. The van der Waals surface area contributed by atoms with Gasteiger partial charge in [-0.2, -0.15) is 18.3 Å². The molecule has 0 spiro atoms. The van der Waals surface area contributed by atoms with Crippen LogP contribution >= 0.6 is 23.4 Å². The first-order valence-corrected chi connectivity index (χ1v) is 9.21. The van der Waals surface area contributed by atoms with Crippen LogP contribution in [0.2, 0.25) is 5.02 Å². The molecule has 2 aromatic rings. The van der Waals surface area contributed by atoms with E-state index in [9.17, 15) is 23.1 Å². The van der Waals surface area contributed by atoms with Crippen LogP contribution in [-0.2, 0) is 17.4 Å². The molecule has 1 saturated heterocycles. The summed E-state index contributed by atoms with van der Waals surface area (Å²) in [6.45, 7) is 0. The second kappa shape index (κ2) is 8.24. The smallest absolute Gasteiger partial charge is 0.416 e. The molecule has 0 radical (unpaired) electrons. The Hall–Kier alpha value is -2.52. The third-order valence-electron chi connectivity index (χ3n) is 3.80. The minimum Gasteiger partial charge on any atom is -0.508 e. The van der Waals surface area contributed by atoms with Gasteiger partial charge in [0, 0.05) is 5.02 Å². The molecule has 28 heavy (non-hydrogen) atoms. The molecule has 0 bridgehead atoms. The molecule has 5 nitrogen and oxygen atoms in total. The molecule has 1 heterocycles. The number of amidine groups is 1. The number of phenolic OH excluding ortho intramolecular Hbond substituents is 1. The second-order valence-electron chi connectivity index (χ2n) is 5.85. The van der Waals surface area contributed by atoms with Crippen molar-refractivity contribution >= 4 is 40.7 Å². The first-order chi connectivity index (χ1) is 13.2. The zero-order valence-electron chi connectivity index (χ0n) is 14.1. The van der Waals surface area contributed by atoms with Crippen LogP contribution in [0.25, 0.3) is 0 Å². The minimum absolute atomic E-state index is 0.0277. The van der Waals surface area contributed by atoms with Crippen LogP contribution in [-0.4, -0.2) is 27.6 Å². The number of hydrogen-bond donors (Lipinski definition) is 2. The Morgan fingerprint density at radius 2 is 1.93 bits per heavy atom. The molecule has 1 aliphatic heterocycles. The fraction of sp³-hybridized carbons (Fsp3) is 0.167. The van der Waals surface area contributed by atoms with Crippen LogP contribution in [0.1, 0.15) is 16.7 Å². The lowest BCUT2D eigenvalue weighted by molar-refractivity contribution is -0.137. The van der Waals surface area contributed by atoms with Gasteiger partial charge in [0.05, 0.1) is 17.0 Å². The molecule has 0 aliphatic carbocycles. The van der Waals surface area contributed by atoms with Gasteiger partial charge in [-0.05, 0) is 60.0 Å². The standard InChI is InChI=1S/C18H13ClF3N3O2S/c19-14-6-3-12(18(20,21)22)7-11(14)8-15-16(27)24-17(28-15)25-23-9-10-1-4-13(26)5-2-10/h1-7,9,15,26H,8H2,(H,24,25,27). The maximum absolute atomic E-state index is 12.9. The van der Waals surface area contributed by atoms with Gasteiger partial charge in [0.2, 0.25) is 5.91 Å². The van der Waals surface area contributed by atoms with Gasteiger partial charge in [-0.15, -0.1) is 5.10 Å². The van der Waals surface area contributed by atoms with Crippen molar-refractivity contribution in [3.63, 3.8) is 0 Å². The van der Waals surface area contributed by atoms with E-state index in [1.165, 1.54) is 24.4 Å². The molecule has 0 saturated carbocycles. The first kappa shape index (κ1) is 20.2. The van der Waals surface area contributed by atoms with Crippen LogP contribution in [0, 0.1) is 0 Å². The highest BCUT2D eigenvalue weighted by atomic mass is 35.5. The fourth-order valence-electron chi connectivity index (χ4n) is 2.40. The number of alkyl halides is 3. The predicted octanol–water partition coefficient (Wildman–Crippen LogP) is 4.23. The summed E-state index contributed by atoms with van der Waals surface area (Å²) in [5, 5.41) is 19.3. The molecular formula is C18H13ClF3N3O2S. The second-order valence-corrected chi connectivity index (χ2v) is 7.44. The molecule has 0 aromatic heterocycles. The largest absolute Gasteiger partial charge is 0.508 e. The fourth-order valence-corrected chi connectivity index (χ4v) is 3.55. The highest BCUT2D eigenvalue weighted by Gasteiger charge is 2.34. The normalized spacial score (nSPS) is 18.8. The summed E-state index contributed by atoms with van der Waals surface area (Å²) >= 11 is 7.06. The number of hydrogen-bond acceptors (Lipinski definition) is 5. The van der Waals surface area contributed by atoms with Gasteiger partial charge in [-0.1, -0.05) is 23.4 Å². The van der Waals surface area contributed by atoms with Crippen molar-refractivity contribution in [1.82, 2.24) is 5.32 Å². The summed E-state index contributed by atoms with van der Waals surface area (Å²) in [4.78, 5) is 12.1. The van der Waals surface area contributed by atoms with Crippen molar-refractivity contribution in [2.75, 3.05) is 0 Å². The zero-order valence-corrected chi connectivity index (χ0v) is 15.6. The maximum Gasteiger partial charge on any atom is 0.416 e. The van der Waals surface area contributed by atoms with Gasteiger partial charge >= 0.3 is 6.18 Å². The van der Waals surface area contributed by atoms with E-state index in [0.29, 0.717) is 5.56 Å². The highest BCUT2D eigenvalue weighted by molar-refractivity contribution is 8.15. The molecule has 146 valence electrons. The number of phenols is 1. The Labute approximate surface area is 167 Å². The summed E-state index contributed by atoms with van der Waals surface area (Å²) in [6, 6.07) is 9.29. The van der Waals surface area contributed by atoms with Gasteiger partial charge in [-0.25, -0.2) is 0 Å². The number of nitrogens with one attached hydrogen (secondary N) is 1. The first-order valence-electron chi connectivity index (χ1n) is 7.95. The summed E-state index contributed by atoms with van der Waals surface area (Å²) in [6.07, 6.45) is -3.02. The van der Waals surface area contributed by atoms with Crippen molar-refractivity contribution in [2.45, 2.75) is 17.8 Å². The molecular weight excluding hydrogens is 415 g/mol. The number of rotatable bonds is 4. The monoisotopic (exact) mass is 427 g/mol. The third kappa shape index (κ3) is 5.05. The lowest BCUT2D eigenvalue weighted by Gasteiger charge is -2.12. The Bertz CT molecular complexity index is 946. The van der Waals surface area contributed by atoms with Crippen molar-refractivity contribution in [3.8, 4) is 5.75 Å². The average Bonchev–Trinajstić information content (AvgIpc) is 2.97. The van der Waals surface area contributed by atoms with Crippen molar-refractivity contribution in [2.24, 2.45) is 10.2 Å². The molecule has 2 N–H and O–H groups in total. The van der Waals surface area contributed by atoms with Crippen LogP contribution in [0.5, 0.6) is 5.75 Å². The predicted molar refractivity (Wildman–Crippen MR) is 103 cm³/mol. The maximum atomic E-state index is 12.9. The summed E-state index contributed by atoms with van der Waals surface area (Å²) < 4.78 is 38.6. The lowest BCUT2D eigenvalue weighted by atomic mass is 10.1. The quantitative estimate of drug-likeness (QED) is 0.566. The van der Waals surface area contributed by atoms with Gasteiger partial charge < -0.3 is 10.4 Å². The van der Waals surface area contributed by atoms with E-state index in [4.69, 9.17) is 11.6 Å². The molecule has 10 heteroatoms.